The van der Waals surface area contributed by atoms with E-state index in [4.69, 9.17) is 5.73 Å². The van der Waals surface area contributed by atoms with Crippen LogP contribution in [0.25, 0.3) is 0 Å². The van der Waals surface area contributed by atoms with E-state index in [9.17, 15) is 0 Å². The van der Waals surface area contributed by atoms with Crippen LogP contribution < -0.4 is 5.73 Å². The molecule has 0 saturated heterocycles. The molecule has 0 bridgehead atoms. The number of nitrogens with zero attached hydrogens (tertiary/aromatic N) is 1. The van der Waals surface area contributed by atoms with Crippen LogP contribution in [0.4, 0.5) is 0 Å². The van der Waals surface area contributed by atoms with Crippen molar-refractivity contribution in [3.05, 3.63) is 52.6 Å². The average Bonchev–Trinajstić information content (AvgIpc) is 2.33. The average molecular weight is 295 g/mol. The highest BCUT2D eigenvalue weighted by Crippen LogP contribution is 2.31. The molecule has 1 aromatic heterocycles. The Hall–Kier alpha value is -0.840. The Balaban J connectivity index is 2.18. The van der Waals surface area contributed by atoms with Crippen LogP contribution in [0.3, 0.4) is 0 Å². The standard InChI is InChI=1S/C12H11BrN2S/c13-11-2-1-7-15-12(11)16-10-5-3-9(8-14)4-6-10/h1-7H,8,14H2. The minimum Gasteiger partial charge on any atom is -0.326 e. The number of halogens is 1. The molecule has 0 radical (unpaired) electrons. The number of benzene rings is 1. The van der Waals surface area contributed by atoms with Gasteiger partial charge in [-0.2, -0.15) is 0 Å². The second kappa shape index (κ2) is 5.48. The minimum absolute atomic E-state index is 0.582. The summed E-state index contributed by atoms with van der Waals surface area (Å²) in [5.74, 6) is 0. The molecular formula is C12H11BrN2S. The summed E-state index contributed by atoms with van der Waals surface area (Å²) in [6.45, 7) is 0.582. The van der Waals surface area contributed by atoms with Crippen LogP contribution in [0.15, 0.2) is 57.0 Å². The van der Waals surface area contributed by atoms with Gasteiger partial charge in [-0.15, -0.1) is 0 Å². The fourth-order valence-electron chi connectivity index (χ4n) is 1.25. The summed E-state index contributed by atoms with van der Waals surface area (Å²) in [6.07, 6.45) is 1.79. The number of hydrogen-bond donors (Lipinski definition) is 1. The first kappa shape index (κ1) is 11.6. The molecule has 0 fully saturated rings. The summed E-state index contributed by atoms with van der Waals surface area (Å²) in [5, 5.41) is 0.975. The summed E-state index contributed by atoms with van der Waals surface area (Å²) < 4.78 is 1.02. The van der Waals surface area contributed by atoms with Gasteiger partial charge >= 0.3 is 0 Å². The van der Waals surface area contributed by atoms with Gasteiger partial charge in [0, 0.05) is 17.6 Å². The molecule has 0 aliphatic rings. The lowest BCUT2D eigenvalue weighted by atomic mass is 10.2. The maximum absolute atomic E-state index is 5.55. The van der Waals surface area contributed by atoms with Gasteiger partial charge in [-0.1, -0.05) is 23.9 Å². The van der Waals surface area contributed by atoms with E-state index in [1.54, 1.807) is 18.0 Å². The quantitative estimate of drug-likeness (QED) is 0.942. The lowest BCUT2D eigenvalue weighted by molar-refractivity contribution is 1.06. The molecule has 16 heavy (non-hydrogen) atoms. The van der Waals surface area contributed by atoms with Crippen molar-refractivity contribution in [2.75, 3.05) is 0 Å². The topological polar surface area (TPSA) is 38.9 Å². The highest BCUT2D eigenvalue weighted by Gasteiger charge is 2.02. The number of pyridine rings is 1. The lowest BCUT2D eigenvalue weighted by Crippen LogP contribution is -1.94. The van der Waals surface area contributed by atoms with Crippen LogP contribution in [0.1, 0.15) is 5.56 Å². The maximum Gasteiger partial charge on any atom is 0.115 e. The third-order valence-corrected chi connectivity index (χ3v) is 4.03. The van der Waals surface area contributed by atoms with Crippen LogP contribution in [-0.4, -0.2) is 4.98 Å². The summed E-state index contributed by atoms with van der Waals surface area (Å²) >= 11 is 5.11. The molecular weight excluding hydrogens is 284 g/mol. The molecule has 2 rings (SSSR count). The van der Waals surface area contributed by atoms with Gasteiger partial charge in [0.05, 0.1) is 4.47 Å². The van der Waals surface area contributed by atoms with Gasteiger partial charge in [0.2, 0.25) is 0 Å². The van der Waals surface area contributed by atoms with Gasteiger partial charge in [0.25, 0.3) is 0 Å². The summed E-state index contributed by atoms with van der Waals surface area (Å²) in [7, 11) is 0. The molecule has 2 N–H and O–H groups in total. The van der Waals surface area contributed by atoms with Crippen LogP contribution in [0.2, 0.25) is 0 Å². The van der Waals surface area contributed by atoms with Gasteiger partial charge in [0.1, 0.15) is 5.03 Å². The van der Waals surface area contributed by atoms with Crippen LogP contribution in [0, 0.1) is 0 Å². The molecule has 82 valence electrons. The molecule has 0 aliphatic carbocycles. The van der Waals surface area contributed by atoms with Crippen molar-refractivity contribution in [1.29, 1.82) is 0 Å². The highest BCUT2D eigenvalue weighted by molar-refractivity contribution is 9.10. The SMILES string of the molecule is NCc1ccc(Sc2ncccc2Br)cc1. The Morgan fingerprint density at radius 2 is 1.94 bits per heavy atom. The van der Waals surface area contributed by atoms with E-state index in [1.807, 2.05) is 24.3 Å². The zero-order chi connectivity index (χ0) is 11.4. The predicted octanol–water partition coefficient (Wildman–Crippen LogP) is 3.45. The highest BCUT2D eigenvalue weighted by atomic mass is 79.9. The van der Waals surface area contributed by atoms with Crippen LogP contribution >= 0.6 is 27.7 Å². The molecule has 2 nitrogen and oxygen atoms in total. The fourth-order valence-corrected chi connectivity index (χ4v) is 2.52. The minimum atomic E-state index is 0.582. The van der Waals surface area contributed by atoms with Crippen molar-refractivity contribution in [3.8, 4) is 0 Å². The Labute approximate surface area is 107 Å². The van der Waals surface area contributed by atoms with E-state index in [-0.39, 0.29) is 0 Å². The van der Waals surface area contributed by atoms with E-state index in [0.29, 0.717) is 6.54 Å². The van der Waals surface area contributed by atoms with Crippen molar-refractivity contribution in [2.45, 2.75) is 16.5 Å². The fraction of sp³-hybridized carbons (Fsp3) is 0.0833. The number of rotatable bonds is 3. The van der Waals surface area contributed by atoms with E-state index in [2.05, 4.69) is 33.0 Å². The largest absolute Gasteiger partial charge is 0.326 e. The van der Waals surface area contributed by atoms with Crippen molar-refractivity contribution in [3.63, 3.8) is 0 Å². The Kier molecular flexibility index (Phi) is 3.98. The molecule has 2 aromatic rings. The first-order valence-electron chi connectivity index (χ1n) is 4.87. The Morgan fingerprint density at radius 1 is 1.19 bits per heavy atom. The van der Waals surface area contributed by atoms with Crippen molar-refractivity contribution >= 4 is 27.7 Å². The van der Waals surface area contributed by atoms with Crippen LogP contribution in [-0.2, 0) is 6.54 Å². The summed E-state index contributed by atoms with van der Waals surface area (Å²) in [6, 6.07) is 12.1. The molecule has 1 heterocycles. The second-order valence-corrected chi connectivity index (χ2v) is 5.16. The molecule has 0 unspecified atom stereocenters. The van der Waals surface area contributed by atoms with Crippen molar-refractivity contribution in [2.24, 2.45) is 5.73 Å². The van der Waals surface area contributed by atoms with Gasteiger partial charge in [-0.25, -0.2) is 4.98 Å². The number of nitrogens with two attached hydrogens (primary N) is 1. The molecule has 0 atom stereocenters. The Bertz CT molecular complexity index is 471. The molecule has 0 aliphatic heterocycles. The van der Waals surface area contributed by atoms with Crippen LogP contribution in [0.5, 0.6) is 0 Å². The molecule has 0 saturated carbocycles. The lowest BCUT2D eigenvalue weighted by Gasteiger charge is -2.03. The third kappa shape index (κ3) is 2.84. The van der Waals surface area contributed by atoms with Crippen molar-refractivity contribution in [1.82, 2.24) is 4.98 Å². The van der Waals surface area contributed by atoms with Gasteiger partial charge in [-0.3, -0.25) is 0 Å². The van der Waals surface area contributed by atoms with E-state index >= 15 is 0 Å². The van der Waals surface area contributed by atoms with Crippen molar-refractivity contribution < 1.29 is 0 Å². The monoisotopic (exact) mass is 294 g/mol. The van der Waals surface area contributed by atoms with Gasteiger partial charge < -0.3 is 5.73 Å². The van der Waals surface area contributed by atoms with E-state index < -0.39 is 0 Å². The first-order chi connectivity index (χ1) is 7.79. The molecule has 0 amide bonds. The normalized spacial score (nSPS) is 10.4. The summed E-state index contributed by atoms with van der Waals surface area (Å²) in [4.78, 5) is 5.47. The number of aromatic nitrogens is 1. The third-order valence-electron chi connectivity index (χ3n) is 2.10. The predicted molar refractivity (Wildman–Crippen MR) is 70.4 cm³/mol. The van der Waals surface area contributed by atoms with E-state index in [1.165, 1.54) is 0 Å². The molecule has 4 heteroatoms. The van der Waals surface area contributed by atoms with Gasteiger partial charge in [0.15, 0.2) is 0 Å². The molecule has 0 spiro atoms. The first-order valence-corrected chi connectivity index (χ1v) is 6.48. The van der Waals surface area contributed by atoms with Gasteiger partial charge in [-0.05, 0) is 45.8 Å². The number of hydrogen-bond acceptors (Lipinski definition) is 3. The van der Waals surface area contributed by atoms with E-state index in [0.717, 1.165) is 20.0 Å². The Morgan fingerprint density at radius 3 is 2.56 bits per heavy atom. The molecule has 1 aromatic carbocycles. The second-order valence-electron chi connectivity index (χ2n) is 3.24. The summed E-state index contributed by atoms with van der Waals surface area (Å²) in [5.41, 5.74) is 6.69. The maximum atomic E-state index is 5.55. The zero-order valence-electron chi connectivity index (χ0n) is 8.56. The zero-order valence-corrected chi connectivity index (χ0v) is 11.0. The smallest absolute Gasteiger partial charge is 0.115 e.